The quantitative estimate of drug-likeness (QED) is 0.0871. The van der Waals surface area contributed by atoms with Crippen molar-refractivity contribution in [3.05, 3.63) is 141 Å². The number of Topliss-reactive ketones (excluding diaryl/α,β-unsaturated/α-hetero) is 2. The summed E-state index contributed by atoms with van der Waals surface area (Å²) in [6.07, 6.45) is 5.78. The third-order valence-electron chi connectivity index (χ3n) is 14.3. The molecule has 9 rings (SSSR count). The van der Waals surface area contributed by atoms with Crippen LogP contribution in [0, 0.1) is 12.3 Å². The van der Waals surface area contributed by atoms with Crippen molar-refractivity contribution in [3.63, 3.8) is 0 Å². The molecule has 374 valence electrons. The molecule has 5 aromatic carbocycles. The number of rotatable bonds is 18. The van der Waals surface area contributed by atoms with Crippen LogP contribution in [0.15, 0.2) is 91.0 Å². The number of ether oxygens (including phenoxy) is 3. The molecule has 0 saturated heterocycles. The summed E-state index contributed by atoms with van der Waals surface area (Å²) in [5, 5.41) is 5.54. The lowest BCUT2D eigenvalue weighted by Crippen LogP contribution is -2.36. The van der Waals surface area contributed by atoms with E-state index in [0.29, 0.717) is 46.9 Å². The molecule has 0 unspecified atom stereocenters. The van der Waals surface area contributed by atoms with Gasteiger partial charge in [-0.05, 0) is 151 Å². The molecule has 0 bridgehead atoms. The number of aryl methyl sites for hydroxylation is 3. The van der Waals surface area contributed by atoms with E-state index in [0.717, 1.165) is 77.7 Å². The summed E-state index contributed by atoms with van der Waals surface area (Å²) in [5.74, 6) is 0.449. The first-order valence-electron chi connectivity index (χ1n) is 25.3. The molecule has 2 N–H and O–H groups in total. The van der Waals surface area contributed by atoms with Gasteiger partial charge in [0, 0.05) is 72.4 Å². The van der Waals surface area contributed by atoms with E-state index in [4.69, 9.17) is 14.2 Å². The minimum Gasteiger partial charge on any atom is -0.493 e. The first-order valence-corrected chi connectivity index (χ1v) is 25.3. The number of nitrogens with one attached hydrogen (secondary N) is 2. The number of carbonyl (C=O) groups is 6. The van der Waals surface area contributed by atoms with Gasteiger partial charge < -0.3 is 34.6 Å². The third-order valence-corrected chi connectivity index (χ3v) is 14.3. The van der Waals surface area contributed by atoms with Crippen LogP contribution >= 0.6 is 0 Å². The Morgan fingerprint density at radius 2 is 1.15 bits per heavy atom. The lowest BCUT2D eigenvalue weighted by Gasteiger charge is -2.23. The summed E-state index contributed by atoms with van der Waals surface area (Å²) < 4.78 is 18.8. The lowest BCUT2D eigenvalue weighted by molar-refractivity contribution is -0.127. The van der Waals surface area contributed by atoms with Gasteiger partial charge in [-0.2, -0.15) is 0 Å². The molecule has 0 aliphatic carbocycles. The number of ketones is 2. The van der Waals surface area contributed by atoms with Gasteiger partial charge in [-0.1, -0.05) is 57.2 Å². The second-order valence-electron chi connectivity index (χ2n) is 20.9. The Hall–Kier alpha value is -7.28. The van der Waals surface area contributed by atoms with Gasteiger partial charge in [-0.15, -0.1) is 0 Å². The predicted molar refractivity (Wildman–Crippen MR) is 276 cm³/mol. The fourth-order valence-corrected chi connectivity index (χ4v) is 10.5. The molecule has 72 heavy (non-hydrogen) atoms. The number of benzene rings is 5. The Morgan fingerprint density at radius 3 is 1.75 bits per heavy atom. The molecular weight excluding hydrogens is 909 g/mol. The van der Waals surface area contributed by atoms with Gasteiger partial charge in [0.25, 0.3) is 11.8 Å². The summed E-state index contributed by atoms with van der Waals surface area (Å²) in [6, 6.07) is 29.5. The molecule has 0 spiro atoms. The normalized spacial score (nSPS) is 16.5. The maximum absolute atomic E-state index is 14.1. The van der Waals surface area contributed by atoms with Crippen molar-refractivity contribution in [1.82, 2.24) is 5.32 Å². The molecule has 4 amide bonds. The van der Waals surface area contributed by atoms with Crippen molar-refractivity contribution in [2.75, 3.05) is 28.8 Å². The molecule has 4 aliphatic rings. The number of para-hydroxylation sites is 2. The maximum atomic E-state index is 14.1. The van der Waals surface area contributed by atoms with Crippen molar-refractivity contribution in [2.45, 2.75) is 130 Å². The van der Waals surface area contributed by atoms with E-state index in [-0.39, 0.29) is 92.2 Å². The highest BCUT2D eigenvalue weighted by Gasteiger charge is 2.39. The number of fused-ring (bicyclic) bond motifs is 8. The highest BCUT2D eigenvalue weighted by atomic mass is 16.5. The van der Waals surface area contributed by atoms with E-state index in [1.54, 1.807) is 19.2 Å². The Balaban J connectivity index is 0.888. The summed E-state index contributed by atoms with van der Waals surface area (Å²) in [6.45, 7) is 8.12. The zero-order chi connectivity index (χ0) is 50.7. The van der Waals surface area contributed by atoms with Crippen molar-refractivity contribution in [1.29, 1.82) is 0 Å². The predicted octanol–water partition coefficient (Wildman–Crippen LogP) is 9.78. The van der Waals surface area contributed by atoms with Gasteiger partial charge >= 0.3 is 0 Å². The van der Waals surface area contributed by atoms with E-state index in [9.17, 15) is 28.8 Å². The molecule has 13 heteroatoms. The molecule has 0 saturated carbocycles. The fourth-order valence-electron chi connectivity index (χ4n) is 10.5. The van der Waals surface area contributed by atoms with E-state index in [1.807, 2.05) is 83.5 Å². The van der Waals surface area contributed by atoms with Crippen LogP contribution in [0.4, 0.5) is 17.1 Å². The van der Waals surface area contributed by atoms with Crippen molar-refractivity contribution < 1.29 is 43.0 Å². The monoisotopic (exact) mass is 972 g/mol. The lowest BCUT2D eigenvalue weighted by atomic mass is 9.89. The molecule has 4 heterocycles. The van der Waals surface area contributed by atoms with Crippen LogP contribution in [-0.2, 0) is 58.1 Å². The number of anilines is 3. The topological polar surface area (TPSA) is 161 Å². The average Bonchev–Trinajstić information content (AvgIpc) is 3.86. The molecule has 4 aliphatic heterocycles. The smallest absolute Gasteiger partial charge is 0.258 e. The molecular formula is C59H64N4O9. The summed E-state index contributed by atoms with van der Waals surface area (Å²) in [5.41, 5.74) is 10.2. The minimum atomic E-state index is -0.390. The highest BCUT2D eigenvalue weighted by Crippen LogP contribution is 2.42. The Bertz CT molecular complexity index is 2950. The van der Waals surface area contributed by atoms with Gasteiger partial charge in [0.2, 0.25) is 11.8 Å². The number of amides is 4. The van der Waals surface area contributed by atoms with E-state index in [1.165, 1.54) is 11.1 Å². The van der Waals surface area contributed by atoms with Crippen LogP contribution in [0.2, 0.25) is 0 Å². The van der Waals surface area contributed by atoms with Crippen LogP contribution in [0.5, 0.6) is 17.2 Å². The Kier molecular flexibility index (Phi) is 14.6. The largest absolute Gasteiger partial charge is 0.493 e. The number of hydrogen-bond acceptors (Lipinski definition) is 9. The van der Waals surface area contributed by atoms with Crippen molar-refractivity contribution in [2.24, 2.45) is 5.41 Å². The summed E-state index contributed by atoms with van der Waals surface area (Å²) in [4.78, 5) is 82.9. The number of methoxy groups -OCH3 is 1. The van der Waals surface area contributed by atoms with Gasteiger partial charge in [0.15, 0.2) is 17.3 Å². The summed E-state index contributed by atoms with van der Waals surface area (Å²) in [7, 11) is 1.55. The van der Waals surface area contributed by atoms with E-state index >= 15 is 0 Å². The SMILES string of the molecule is COc1cc2c(cc1OCc1cc(COc3cc4c(cc3C)C(=O)N3c5ccccc5C[C@H]3CC4)cc(NC(=O)CCC(=O)CNC(=O)CCC(=O)CCC(C)(C)C)c1)CC[C@@H]1Cc3ccccc3N1C2=O. The van der Waals surface area contributed by atoms with E-state index in [2.05, 4.69) is 43.5 Å². The van der Waals surface area contributed by atoms with Gasteiger partial charge in [0.05, 0.1) is 13.7 Å². The van der Waals surface area contributed by atoms with Gasteiger partial charge in [-0.25, -0.2) is 0 Å². The minimum absolute atomic E-state index is 0.00522. The van der Waals surface area contributed by atoms with Gasteiger partial charge in [-0.3, -0.25) is 28.8 Å². The molecule has 0 aromatic heterocycles. The number of hydrogen-bond donors (Lipinski definition) is 2. The standard InChI is InChI=1S/C59H64N4O9/c1-36-24-48-39(14-16-44-28-41-10-6-8-12-50(41)62(44)57(48)68)30-52(36)71-34-37-25-38(27-43(26-37)61-56(67)21-19-47(65)33-60-55(66)20-18-46(64)22-23-59(2,3)4)35-72-54-31-40-15-17-45-29-42-11-7-9-13-51(42)63(45)58(69)49(40)32-53(54)70-5/h6-13,24-27,30-32,44-45H,14-23,28-29,33-35H2,1-5H3,(H,60,66)(H,61,67)/t44-,45-/m1/s1. The zero-order valence-corrected chi connectivity index (χ0v) is 42.0. The van der Waals surface area contributed by atoms with Crippen LogP contribution in [0.25, 0.3) is 0 Å². The maximum Gasteiger partial charge on any atom is 0.258 e. The average molecular weight is 973 g/mol. The molecule has 0 fully saturated rings. The Labute approximate surface area is 421 Å². The second kappa shape index (κ2) is 21.2. The second-order valence-corrected chi connectivity index (χ2v) is 20.9. The van der Waals surface area contributed by atoms with Crippen LogP contribution in [0.1, 0.15) is 132 Å². The molecule has 2 atom stereocenters. The molecule has 13 nitrogen and oxygen atoms in total. The zero-order valence-electron chi connectivity index (χ0n) is 42.0. The highest BCUT2D eigenvalue weighted by molar-refractivity contribution is 6.10. The summed E-state index contributed by atoms with van der Waals surface area (Å²) >= 11 is 0. The van der Waals surface area contributed by atoms with Crippen molar-refractivity contribution in [3.8, 4) is 17.2 Å². The van der Waals surface area contributed by atoms with Crippen LogP contribution in [-0.4, -0.2) is 60.9 Å². The van der Waals surface area contributed by atoms with Crippen LogP contribution in [0.3, 0.4) is 0 Å². The van der Waals surface area contributed by atoms with Crippen LogP contribution < -0.4 is 34.6 Å². The first-order chi connectivity index (χ1) is 34.6. The Morgan fingerprint density at radius 1 is 0.611 bits per heavy atom. The van der Waals surface area contributed by atoms with Gasteiger partial charge in [0.1, 0.15) is 24.7 Å². The third kappa shape index (κ3) is 11.3. The van der Waals surface area contributed by atoms with E-state index < -0.39 is 5.91 Å². The molecule has 5 aromatic rings. The molecule has 0 radical (unpaired) electrons. The number of carbonyl (C=O) groups excluding carboxylic acids is 6. The first kappa shape index (κ1) is 49.7. The number of nitrogens with zero attached hydrogens (tertiary/aromatic N) is 2. The fraction of sp³-hybridized carbons (Fsp3) is 0.390. The van der Waals surface area contributed by atoms with Crippen molar-refractivity contribution >= 4 is 52.3 Å².